The number of hydrogen-bond acceptors (Lipinski definition) is 7. The lowest BCUT2D eigenvalue weighted by atomic mass is 10.1. The molecule has 9 N–H and O–H groups in total. The first kappa shape index (κ1) is 23.0. The van der Waals surface area contributed by atoms with Crippen molar-refractivity contribution in [3.8, 4) is 0 Å². The van der Waals surface area contributed by atoms with E-state index in [9.17, 15) is 19.2 Å². The molecule has 0 aromatic carbocycles. The Morgan fingerprint density at radius 2 is 1.52 bits per heavy atom. The average Bonchev–Trinajstić information content (AvgIpc) is 2.40. The van der Waals surface area contributed by atoms with Crippen LogP contribution < -0.4 is 16.8 Å². The summed E-state index contributed by atoms with van der Waals surface area (Å²) in [4.78, 5) is 40.7. The minimum Gasteiger partial charge on any atom is -0.481 e. The molecule has 0 radical (unpaired) electrons. The summed E-state index contributed by atoms with van der Waals surface area (Å²) in [5.41, 5.74) is 9.85. The van der Waals surface area contributed by atoms with Gasteiger partial charge in [0.25, 0.3) is 0 Å². The summed E-state index contributed by atoms with van der Waals surface area (Å²) in [6.07, 6.45) is -1.08. The third-order valence-electron chi connectivity index (χ3n) is 2.41. The van der Waals surface area contributed by atoms with Gasteiger partial charge in [-0.1, -0.05) is 0 Å². The van der Waals surface area contributed by atoms with Crippen molar-refractivity contribution in [2.24, 2.45) is 11.5 Å². The van der Waals surface area contributed by atoms with Crippen LogP contribution in [-0.2, 0) is 19.2 Å². The fourth-order valence-corrected chi connectivity index (χ4v) is 1.26. The highest BCUT2D eigenvalue weighted by atomic mass is 16.4. The van der Waals surface area contributed by atoms with E-state index in [0.717, 1.165) is 0 Å². The van der Waals surface area contributed by atoms with E-state index in [-0.39, 0.29) is 25.7 Å². The van der Waals surface area contributed by atoms with E-state index in [1.165, 1.54) is 6.92 Å². The van der Waals surface area contributed by atoms with Crippen LogP contribution in [0.4, 0.5) is 0 Å². The Balaban J connectivity index is 0. The maximum Gasteiger partial charge on any atom is 0.320 e. The van der Waals surface area contributed by atoms with Gasteiger partial charge in [-0.2, -0.15) is 0 Å². The third-order valence-corrected chi connectivity index (χ3v) is 2.41. The van der Waals surface area contributed by atoms with Gasteiger partial charge in [-0.3, -0.25) is 24.5 Å². The number of carbonyl (C=O) groups excluding carboxylic acids is 1. The van der Waals surface area contributed by atoms with Crippen LogP contribution in [0.5, 0.6) is 0 Å². The molecule has 0 heterocycles. The molecule has 0 aliphatic rings. The van der Waals surface area contributed by atoms with Gasteiger partial charge in [-0.25, -0.2) is 0 Å². The molecule has 2 unspecified atom stereocenters. The van der Waals surface area contributed by atoms with E-state index in [0.29, 0.717) is 0 Å². The molecule has 1 amide bonds. The second-order valence-corrected chi connectivity index (χ2v) is 4.62. The Kier molecular flexibility index (Phi) is 12.3. The van der Waals surface area contributed by atoms with Gasteiger partial charge in [-0.15, -0.1) is 0 Å². The first-order chi connectivity index (χ1) is 10.5. The highest BCUT2D eigenvalue weighted by Crippen LogP contribution is 1.98. The van der Waals surface area contributed by atoms with Gasteiger partial charge in [-0.05, 0) is 19.8 Å². The van der Waals surface area contributed by atoms with Gasteiger partial charge in [0.1, 0.15) is 18.3 Å². The van der Waals surface area contributed by atoms with Crippen LogP contribution in [0.2, 0.25) is 0 Å². The third kappa shape index (κ3) is 16.0. The van der Waals surface area contributed by atoms with Crippen molar-refractivity contribution >= 4 is 23.8 Å². The van der Waals surface area contributed by atoms with Crippen molar-refractivity contribution in [2.75, 3.05) is 0 Å². The number of nitrogens with one attached hydrogen (secondary N) is 1. The topological polar surface area (TPSA) is 213 Å². The lowest BCUT2D eigenvalue weighted by Gasteiger charge is -2.15. The number of carbonyl (C=O) groups is 4. The van der Waals surface area contributed by atoms with Gasteiger partial charge >= 0.3 is 17.9 Å². The van der Waals surface area contributed by atoms with Gasteiger partial charge in [0.2, 0.25) is 5.91 Å². The fraction of sp³-hybridized carbons (Fsp3) is 0.667. The van der Waals surface area contributed by atoms with E-state index < -0.39 is 42.1 Å². The maximum atomic E-state index is 10.5. The molecule has 0 rings (SSSR count). The SMILES string of the molecule is CC(O)N[C@@H](CCC(N)=O)C(=O)O.NC(CCC(=O)O)C(=O)O. The van der Waals surface area contributed by atoms with Crippen LogP contribution >= 0.6 is 0 Å². The average molecular weight is 337 g/mol. The highest BCUT2D eigenvalue weighted by molar-refractivity contribution is 5.77. The molecule has 0 bridgehead atoms. The van der Waals surface area contributed by atoms with Crippen LogP contribution in [0.3, 0.4) is 0 Å². The Morgan fingerprint density at radius 1 is 1.00 bits per heavy atom. The number of rotatable bonds is 10. The Bertz CT molecular complexity index is 413. The highest BCUT2D eigenvalue weighted by Gasteiger charge is 2.18. The molecule has 3 atom stereocenters. The van der Waals surface area contributed by atoms with Crippen molar-refractivity contribution in [3.63, 3.8) is 0 Å². The second kappa shape index (κ2) is 12.3. The molecule has 0 saturated heterocycles. The summed E-state index contributed by atoms with van der Waals surface area (Å²) in [5.74, 6) is -3.86. The van der Waals surface area contributed by atoms with Crippen LogP contribution in [0, 0.1) is 0 Å². The van der Waals surface area contributed by atoms with E-state index >= 15 is 0 Å². The number of nitrogens with two attached hydrogens (primary N) is 2. The molecule has 0 saturated carbocycles. The molecule has 0 spiro atoms. The molecule has 23 heavy (non-hydrogen) atoms. The molecule has 0 aliphatic heterocycles. The van der Waals surface area contributed by atoms with Gasteiger partial charge in [0.05, 0.1) is 0 Å². The van der Waals surface area contributed by atoms with Crippen molar-refractivity contribution in [1.29, 1.82) is 0 Å². The van der Waals surface area contributed by atoms with E-state index in [2.05, 4.69) is 5.32 Å². The monoisotopic (exact) mass is 337 g/mol. The second-order valence-electron chi connectivity index (χ2n) is 4.62. The molecule has 0 aliphatic carbocycles. The van der Waals surface area contributed by atoms with Crippen molar-refractivity contribution < 1.29 is 39.6 Å². The summed E-state index contributed by atoms with van der Waals surface area (Å²) >= 11 is 0. The molecule has 11 heteroatoms. The summed E-state index contributed by atoms with van der Waals surface area (Å²) in [6, 6.07) is -2.00. The first-order valence-electron chi connectivity index (χ1n) is 6.62. The normalized spacial score (nSPS) is 13.9. The van der Waals surface area contributed by atoms with Gasteiger partial charge in [0, 0.05) is 12.8 Å². The standard InChI is InChI=1S/C7H14N2O4.C5H9NO4/c1-4(10)9-5(7(12)13)2-3-6(8)11;6-3(5(9)10)1-2-4(7)8/h4-5,9-10H,2-3H2,1H3,(H2,8,11)(H,12,13);3H,1-2,6H2,(H,7,8)(H,9,10)/t4?,5-;/m0./s1. The predicted molar refractivity (Wildman–Crippen MR) is 77.1 cm³/mol. The zero-order valence-electron chi connectivity index (χ0n) is 12.6. The number of hydrogen-bond donors (Lipinski definition) is 7. The van der Waals surface area contributed by atoms with Crippen molar-refractivity contribution in [2.45, 2.75) is 50.9 Å². The Hall–Kier alpha value is -2.24. The quantitative estimate of drug-likeness (QED) is 0.215. The fourth-order valence-electron chi connectivity index (χ4n) is 1.26. The lowest BCUT2D eigenvalue weighted by Crippen LogP contribution is -2.42. The van der Waals surface area contributed by atoms with Crippen LogP contribution in [0.1, 0.15) is 32.6 Å². The summed E-state index contributed by atoms with van der Waals surface area (Å²) in [7, 11) is 0. The number of amides is 1. The van der Waals surface area contributed by atoms with Gasteiger partial charge in [0.15, 0.2) is 0 Å². The van der Waals surface area contributed by atoms with Crippen LogP contribution in [0.15, 0.2) is 0 Å². The lowest BCUT2D eigenvalue weighted by molar-refractivity contribution is -0.141. The van der Waals surface area contributed by atoms with E-state index in [1.807, 2.05) is 0 Å². The zero-order chi connectivity index (χ0) is 18.6. The number of primary amides is 1. The Labute approximate surface area is 132 Å². The minimum absolute atomic E-state index is 0.0172. The molecular formula is C12H23N3O8. The summed E-state index contributed by atoms with van der Waals surface area (Å²) < 4.78 is 0. The summed E-state index contributed by atoms with van der Waals surface area (Å²) in [6.45, 7) is 1.40. The Morgan fingerprint density at radius 3 is 1.83 bits per heavy atom. The van der Waals surface area contributed by atoms with Crippen molar-refractivity contribution in [1.82, 2.24) is 5.32 Å². The molecule has 0 fully saturated rings. The van der Waals surface area contributed by atoms with Crippen LogP contribution in [-0.4, -0.2) is 62.6 Å². The molecular weight excluding hydrogens is 314 g/mol. The van der Waals surface area contributed by atoms with Crippen LogP contribution in [0.25, 0.3) is 0 Å². The number of carboxylic acids is 3. The zero-order valence-corrected chi connectivity index (χ0v) is 12.6. The summed E-state index contributed by atoms with van der Waals surface area (Å²) in [5, 5.41) is 36.1. The van der Waals surface area contributed by atoms with Gasteiger partial charge < -0.3 is 31.9 Å². The van der Waals surface area contributed by atoms with Crippen molar-refractivity contribution in [3.05, 3.63) is 0 Å². The predicted octanol–water partition coefficient (Wildman–Crippen LogP) is -2.10. The minimum atomic E-state index is -1.17. The number of aliphatic hydroxyl groups excluding tert-OH is 1. The molecule has 11 nitrogen and oxygen atoms in total. The van der Waals surface area contributed by atoms with E-state index in [1.54, 1.807) is 0 Å². The van der Waals surface area contributed by atoms with E-state index in [4.69, 9.17) is 31.9 Å². The maximum absolute atomic E-state index is 10.5. The molecule has 0 aromatic rings. The number of aliphatic hydroxyl groups is 1. The smallest absolute Gasteiger partial charge is 0.320 e. The molecule has 134 valence electrons. The first-order valence-corrected chi connectivity index (χ1v) is 6.62. The number of carboxylic acid groups (broad SMARTS) is 3. The largest absolute Gasteiger partial charge is 0.481 e. The molecule has 0 aromatic heterocycles. The number of aliphatic carboxylic acids is 3.